The zero-order valence-electron chi connectivity index (χ0n) is 18.7. The Morgan fingerprint density at radius 1 is 0.853 bits per heavy atom. The molecule has 0 bridgehead atoms. The molecule has 1 N–H and O–H groups in total. The highest BCUT2D eigenvalue weighted by molar-refractivity contribution is 5.94. The van der Waals surface area contributed by atoms with Gasteiger partial charge in [-0.25, -0.2) is 0 Å². The van der Waals surface area contributed by atoms with Crippen molar-refractivity contribution >= 4 is 23.2 Å². The van der Waals surface area contributed by atoms with E-state index in [9.17, 15) is 19.7 Å². The van der Waals surface area contributed by atoms with Crippen molar-refractivity contribution in [2.45, 2.75) is 12.5 Å². The van der Waals surface area contributed by atoms with Crippen LogP contribution in [0.15, 0.2) is 84.9 Å². The molecule has 4 rings (SSSR count). The number of carbonyl (C=O) groups excluding carboxylic acids is 2. The highest BCUT2D eigenvalue weighted by Gasteiger charge is 2.26. The molecule has 3 aromatic rings. The molecule has 1 aliphatic heterocycles. The smallest absolute Gasteiger partial charge is 0.269 e. The molecule has 1 aliphatic rings. The van der Waals surface area contributed by atoms with Gasteiger partial charge in [0.1, 0.15) is 0 Å². The van der Waals surface area contributed by atoms with Crippen LogP contribution in [0.1, 0.15) is 28.4 Å². The van der Waals surface area contributed by atoms with Gasteiger partial charge in [0.25, 0.3) is 11.6 Å². The topological polar surface area (TPSA) is 95.8 Å². The first-order valence-corrected chi connectivity index (χ1v) is 11.2. The third-order valence-electron chi connectivity index (χ3n) is 5.98. The molecule has 8 heteroatoms. The predicted octanol–water partition coefficient (Wildman–Crippen LogP) is 3.80. The lowest BCUT2D eigenvalue weighted by Gasteiger charge is -2.36. The van der Waals surface area contributed by atoms with Crippen molar-refractivity contribution in [3.05, 3.63) is 106 Å². The quantitative estimate of drug-likeness (QED) is 0.429. The first-order valence-electron chi connectivity index (χ1n) is 11.2. The van der Waals surface area contributed by atoms with Crippen molar-refractivity contribution in [1.29, 1.82) is 0 Å². The number of nitrogens with zero attached hydrogens (tertiary/aromatic N) is 3. The van der Waals surface area contributed by atoms with Crippen LogP contribution in [-0.4, -0.2) is 47.8 Å². The summed E-state index contributed by atoms with van der Waals surface area (Å²) in [6.07, 6.45) is 0.167. The second-order valence-corrected chi connectivity index (χ2v) is 8.15. The molecule has 1 fully saturated rings. The Bertz CT molecular complexity index is 1130. The second-order valence-electron chi connectivity index (χ2n) is 8.15. The van der Waals surface area contributed by atoms with Gasteiger partial charge in [0.2, 0.25) is 5.91 Å². The van der Waals surface area contributed by atoms with Crippen LogP contribution in [0.25, 0.3) is 0 Å². The lowest BCUT2D eigenvalue weighted by atomic mass is 10.0. The summed E-state index contributed by atoms with van der Waals surface area (Å²) in [5.74, 6) is -0.240. The monoisotopic (exact) mass is 458 g/mol. The van der Waals surface area contributed by atoms with Gasteiger partial charge in [-0.15, -0.1) is 0 Å². The lowest BCUT2D eigenvalue weighted by molar-refractivity contribution is -0.384. The van der Waals surface area contributed by atoms with E-state index in [0.717, 1.165) is 11.3 Å². The Balaban J connectivity index is 1.39. The van der Waals surface area contributed by atoms with Crippen molar-refractivity contribution in [3.8, 4) is 0 Å². The summed E-state index contributed by atoms with van der Waals surface area (Å²) in [5.41, 5.74) is 2.38. The highest BCUT2D eigenvalue weighted by Crippen LogP contribution is 2.23. The van der Waals surface area contributed by atoms with Crippen molar-refractivity contribution in [3.63, 3.8) is 0 Å². The van der Waals surface area contributed by atoms with Crippen LogP contribution in [0.5, 0.6) is 0 Å². The third kappa shape index (κ3) is 5.58. The molecule has 2 amide bonds. The lowest BCUT2D eigenvalue weighted by Crippen LogP contribution is -2.49. The molecule has 0 radical (unpaired) electrons. The Morgan fingerprint density at radius 3 is 2.03 bits per heavy atom. The molecule has 1 heterocycles. The van der Waals surface area contributed by atoms with E-state index in [1.165, 1.54) is 12.1 Å². The van der Waals surface area contributed by atoms with E-state index < -0.39 is 11.0 Å². The fourth-order valence-electron chi connectivity index (χ4n) is 4.07. The van der Waals surface area contributed by atoms with Gasteiger partial charge in [-0.3, -0.25) is 19.7 Å². The minimum Gasteiger partial charge on any atom is -0.368 e. The molecule has 0 saturated carbocycles. The van der Waals surface area contributed by atoms with Gasteiger partial charge in [-0.1, -0.05) is 48.5 Å². The summed E-state index contributed by atoms with van der Waals surface area (Å²) in [7, 11) is 0. The fourth-order valence-corrected chi connectivity index (χ4v) is 4.07. The Hall–Kier alpha value is -4.20. The van der Waals surface area contributed by atoms with Crippen LogP contribution >= 0.6 is 0 Å². The fraction of sp³-hybridized carbons (Fsp3) is 0.231. The number of nitro groups is 1. The van der Waals surface area contributed by atoms with Gasteiger partial charge in [-0.2, -0.15) is 0 Å². The van der Waals surface area contributed by atoms with Crippen molar-refractivity contribution < 1.29 is 14.5 Å². The first-order chi connectivity index (χ1) is 16.5. The Labute approximate surface area is 198 Å². The van der Waals surface area contributed by atoms with Crippen LogP contribution in [-0.2, 0) is 4.79 Å². The average molecular weight is 459 g/mol. The molecule has 1 atom stereocenters. The third-order valence-corrected chi connectivity index (χ3v) is 5.98. The Morgan fingerprint density at radius 2 is 1.44 bits per heavy atom. The van der Waals surface area contributed by atoms with Crippen LogP contribution in [0, 0.1) is 10.1 Å². The number of amides is 2. The number of carbonyl (C=O) groups is 2. The molecular formula is C26H26N4O4. The molecule has 174 valence electrons. The Kier molecular flexibility index (Phi) is 7.17. The van der Waals surface area contributed by atoms with Crippen molar-refractivity contribution in [1.82, 2.24) is 10.2 Å². The number of nitrogens with one attached hydrogen (secondary N) is 1. The zero-order valence-corrected chi connectivity index (χ0v) is 18.7. The molecule has 3 aromatic carbocycles. The summed E-state index contributed by atoms with van der Waals surface area (Å²) in [5, 5.41) is 13.9. The van der Waals surface area contributed by atoms with E-state index in [4.69, 9.17) is 0 Å². The summed E-state index contributed by atoms with van der Waals surface area (Å²) in [6, 6.07) is 24.5. The van der Waals surface area contributed by atoms with Crippen LogP contribution in [0.4, 0.5) is 11.4 Å². The van der Waals surface area contributed by atoms with Gasteiger partial charge in [0.05, 0.1) is 17.4 Å². The first kappa shape index (κ1) is 23.0. The molecule has 1 saturated heterocycles. The standard InChI is InChI=1S/C26H26N4O4/c31-25(29-17-15-28(16-18-29)22-11-13-23(14-12-22)30(33)34)19-24(20-7-3-1-4-8-20)27-26(32)21-9-5-2-6-10-21/h1-14,24H,15-19H2,(H,27,32). The van der Waals surface area contributed by atoms with E-state index in [1.54, 1.807) is 24.3 Å². The molecule has 0 aliphatic carbocycles. The van der Waals surface area contributed by atoms with E-state index in [0.29, 0.717) is 31.7 Å². The molecular weight excluding hydrogens is 432 g/mol. The maximum absolute atomic E-state index is 13.1. The zero-order chi connectivity index (χ0) is 23.9. The minimum absolute atomic E-state index is 0.0226. The molecule has 0 spiro atoms. The van der Waals surface area contributed by atoms with Crippen molar-refractivity contribution in [2.24, 2.45) is 0 Å². The largest absolute Gasteiger partial charge is 0.368 e. The van der Waals surface area contributed by atoms with Gasteiger partial charge >= 0.3 is 0 Å². The summed E-state index contributed by atoms with van der Waals surface area (Å²) >= 11 is 0. The van der Waals surface area contributed by atoms with Crippen LogP contribution < -0.4 is 10.2 Å². The van der Waals surface area contributed by atoms with E-state index in [1.807, 2.05) is 53.4 Å². The number of piperazine rings is 1. The highest BCUT2D eigenvalue weighted by atomic mass is 16.6. The van der Waals surface area contributed by atoms with E-state index >= 15 is 0 Å². The number of anilines is 1. The number of hydrogen-bond donors (Lipinski definition) is 1. The predicted molar refractivity (Wildman–Crippen MR) is 130 cm³/mol. The van der Waals surface area contributed by atoms with Gasteiger partial charge in [-0.05, 0) is 29.8 Å². The van der Waals surface area contributed by atoms with Crippen LogP contribution in [0.2, 0.25) is 0 Å². The van der Waals surface area contributed by atoms with Crippen molar-refractivity contribution in [2.75, 3.05) is 31.1 Å². The van der Waals surface area contributed by atoms with Gasteiger partial charge in [0, 0.05) is 49.6 Å². The van der Waals surface area contributed by atoms with Crippen LogP contribution in [0.3, 0.4) is 0 Å². The number of benzene rings is 3. The van der Waals surface area contributed by atoms with Gasteiger partial charge in [0.15, 0.2) is 0 Å². The number of hydrogen-bond acceptors (Lipinski definition) is 5. The summed E-state index contributed by atoms with van der Waals surface area (Å²) in [6.45, 7) is 2.36. The number of non-ortho nitro benzene ring substituents is 1. The normalized spacial score (nSPS) is 14.4. The summed E-state index contributed by atoms with van der Waals surface area (Å²) < 4.78 is 0. The SMILES string of the molecule is O=C(NC(CC(=O)N1CCN(c2ccc([N+](=O)[O-])cc2)CC1)c1ccccc1)c1ccccc1. The molecule has 1 unspecified atom stereocenters. The van der Waals surface area contributed by atoms with Gasteiger partial charge < -0.3 is 15.1 Å². The molecule has 8 nitrogen and oxygen atoms in total. The molecule has 0 aromatic heterocycles. The van der Waals surface area contributed by atoms with E-state index in [2.05, 4.69) is 10.2 Å². The summed E-state index contributed by atoms with van der Waals surface area (Å²) in [4.78, 5) is 40.3. The maximum atomic E-state index is 13.1. The van der Waals surface area contributed by atoms with E-state index in [-0.39, 0.29) is 23.9 Å². The second kappa shape index (κ2) is 10.6. The minimum atomic E-state index is -0.436. The maximum Gasteiger partial charge on any atom is 0.269 e. The number of nitro benzene ring substituents is 1. The average Bonchev–Trinajstić information content (AvgIpc) is 2.89. The molecule has 34 heavy (non-hydrogen) atoms. The number of rotatable bonds is 7.